The molecule has 2 aliphatic heterocycles. The summed E-state index contributed by atoms with van der Waals surface area (Å²) in [5.74, 6) is 0.280. The zero-order valence-electron chi connectivity index (χ0n) is 16.2. The fourth-order valence-electron chi connectivity index (χ4n) is 3.41. The molecule has 0 aliphatic carbocycles. The van der Waals surface area contributed by atoms with Gasteiger partial charge in [-0.1, -0.05) is 59.9 Å². The first kappa shape index (κ1) is 20.5. The van der Waals surface area contributed by atoms with Crippen LogP contribution >= 0.6 is 35.3 Å². The molecule has 2 aromatic rings. The van der Waals surface area contributed by atoms with Crippen LogP contribution in [-0.2, 0) is 9.53 Å². The Morgan fingerprint density at radius 1 is 1.28 bits per heavy atom. The van der Waals surface area contributed by atoms with Crippen LogP contribution in [0.2, 0.25) is 0 Å². The highest BCUT2D eigenvalue weighted by Crippen LogP contribution is 2.34. The summed E-state index contributed by atoms with van der Waals surface area (Å²) in [5, 5.41) is 8.42. The van der Waals surface area contributed by atoms with E-state index in [1.807, 2.05) is 11.4 Å². The van der Waals surface area contributed by atoms with E-state index >= 15 is 0 Å². The number of benzene rings is 1. The summed E-state index contributed by atoms with van der Waals surface area (Å²) in [6.07, 6.45) is 0.730. The van der Waals surface area contributed by atoms with Crippen LogP contribution < -0.4 is 0 Å². The molecule has 4 rings (SSSR count). The Hall–Kier alpha value is -1.74. The molecule has 1 atom stereocenters. The fourth-order valence-corrected chi connectivity index (χ4v) is 5.23. The zero-order valence-corrected chi connectivity index (χ0v) is 18.7. The number of amides is 1. The average Bonchev–Trinajstić information content (AvgIpc) is 3.43. The number of ether oxygens (including phenoxy) is 1. The van der Waals surface area contributed by atoms with E-state index < -0.39 is 0 Å². The molecule has 1 saturated heterocycles. The minimum atomic E-state index is -0.0715. The minimum absolute atomic E-state index is 0.0114. The summed E-state index contributed by atoms with van der Waals surface area (Å²) in [5.41, 5.74) is 3.29. The second kappa shape index (κ2) is 9.38. The standard InChI is InChI=1S/C21H23N3O2S3/c1-15-4-6-16(7-5-15)18-13-17(19-3-2-12-28-19)22-24(18)20(25)14-29-21(27)23-8-10-26-11-9-23/h2-7,12,18H,8-11,13-14H2,1H3/t18-/m1/s1. The Bertz CT molecular complexity index is 890. The van der Waals surface area contributed by atoms with E-state index in [2.05, 4.69) is 42.2 Å². The lowest BCUT2D eigenvalue weighted by molar-refractivity contribution is -0.130. The third kappa shape index (κ3) is 4.88. The number of nitrogens with zero attached hydrogens (tertiary/aromatic N) is 3. The maximum absolute atomic E-state index is 13.1. The summed E-state index contributed by atoms with van der Waals surface area (Å²) in [4.78, 5) is 16.3. The predicted molar refractivity (Wildman–Crippen MR) is 124 cm³/mol. The number of hydrazone groups is 1. The van der Waals surface area contributed by atoms with Gasteiger partial charge in [-0.25, -0.2) is 5.01 Å². The maximum Gasteiger partial charge on any atom is 0.253 e. The van der Waals surface area contributed by atoms with Crippen molar-refractivity contribution in [3.05, 3.63) is 57.8 Å². The normalized spacial score (nSPS) is 19.3. The first-order valence-corrected chi connectivity index (χ1v) is 11.9. The number of thiocarbonyl (C=S) groups is 1. The van der Waals surface area contributed by atoms with Crippen LogP contribution in [0.15, 0.2) is 46.9 Å². The summed E-state index contributed by atoms with van der Waals surface area (Å²) >= 11 is 8.60. The van der Waals surface area contributed by atoms with Crippen molar-refractivity contribution in [2.24, 2.45) is 5.10 Å². The molecule has 8 heteroatoms. The molecule has 0 bridgehead atoms. The molecule has 1 aromatic heterocycles. The van der Waals surface area contributed by atoms with Crippen LogP contribution in [0.4, 0.5) is 0 Å². The lowest BCUT2D eigenvalue weighted by Crippen LogP contribution is -2.39. The van der Waals surface area contributed by atoms with Gasteiger partial charge in [0.2, 0.25) is 0 Å². The van der Waals surface area contributed by atoms with Gasteiger partial charge in [0.15, 0.2) is 0 Å². The van der Waals surface area contributed by atoms with Crippen LogP contribution in [0, 0.1) is 6.92 Å². The van der Waals surface area contributed by atoms with Gasteiger partial charge in [-0.15, -0.1) is 11.3 Å². The average molecular weight is 446 g/mol. The second-order valence-electron chi connectivity index (χ2n) is 7.05. The van der Waals surface area contributed by atoms with Crippen molar-refractivity contribution < 1.29 is 9.53 Å². The highest BCUT2D eigenvalue weighted by Gasteiger charge is 2.33. The van der Waals surface area contributed by atoms with Crippen LogP contribution in [-0.4, -0.2) is 57.9 Å². The molecule has 0 unspecified atom stereocenters. The van der Waals surface area contributed by atoms with Gasteiger partial charge in [0.1, 0.15) is 4.32 Å². The smallest absolute Gasteiger partial charge is 0.253 e. The maximum atomic E-state index is 13.1. The summed E-state index contributed by atoms with van der Waals surface area (Å²) in [6, 6.07) is 12.4. The Morgan fingerprint density at radius 2 is 2.03 bits per heavy atom. The molecule has 0 spiro atoms. The number of carbonyl (C=O) groups is 1. The molecule has 2 aliphatic rings. The van der Waals surface area contributed by atoms with Crippen molar-refractivity contribution in [1.82, 2.24) is 9.91 Å². The van der Waals surface area contributed by atoms with Gasteiger partial charge < -0.3 is 9.64 Å². The largest absolute Gasteiger partial charge is 0.378 e. The first-order chi connectivity index (χ1) is 14.1. The third-order valence-corrected chi connectivity index (χ3v) is 7.45. The predicted octanol–water partition coefficient (Wildman–Crippen LogP) is 4.08. The molecule has 1 fully saturated rings. The highest BCUT2D eigenvalue weighted by atomic mass is 32.2. The monoisotopic (exact) mass is 445 g/mol. The number of carbonyl (C=O) groups excluding carboxylic acids is 1. The molecule has 29 heavy (non-hydrogen) atoms. The van der Waals surface area contributed by atoms with Gasteiger partial charge in [-0.05, 0) is 23.9 Å². The number of morpholine rings is 1. The third-order valence-electron chi connectivity index (χ3n) is 5.02. The fraction of sp³-hybridized carbons (Fsp3) is 0.381. The molecule has 1 amide bonds. The second-order valence-corrected chi connectivity index (χ2v) is 9.60. The number of thioether (sulfide) groups is 1. The van der Waals surface area contributed by atoms with Crippen LogP contribution in [0.25, 0.3) is 0 Å². The Balaban J connectivity index is 1.48. The molecule has 3 heterocycles. The number of hydrogen-bond donors (Lipinski definition) is 0. The number of rotatable bonds is 4. The van der Waals surface area contributed by atoms with E-state index in [0.717, 1.165) is 40.0 Å². The molecular weight excluding hydrogens is 422 g/mol. The van der Waals surface area contributed by atoms with Gasteiger partial charge in [0, 0.05) is 19.5 Å². The highest BCUT2D eigenvalue weighted by molar-refractivity contribution is 8.23. The molecule has 152 valence electrons. The molecule has 0 radical (unpaired) electrons. The van der Waals surface area contributed by atoms with E-state index in [9.17, 15) is 4.79 Å². The van der Waals surface area contributed by atoms with E-state index in [-0.39, 0.29) is 11.9 Å². The van der Waals surface area contributed by atoms with Crippen molar-refractivity contribution >= 4 is 51.3 Å². The topological polar surface area (TPSA) is 45.1 Å². The number of thiophene rings is 1. The zero-order chi connectivity index (χ0) is 20.2. The summed E-state index contributed by atoms with van der Waals surface area (Å²) in [7, 11) is 0. The SMILES string of the molecule is Cc1ccc([C@H]2CC(c3cccs3)=NN2C(=O)CSC(=S)N2CCOCC2)cc1. The van der Waals surface area contributed by atoms with E-state index in [1.165, 1.54) is 17.3 Å². The number of aryl methyl sites for hydroxylation is 1. The van der Waals surface area contributed by atoms with Gasteiger partial charge >= 0.3 is 0 Å². The Morgan fingerprint density at radius 3 is 2.72 bits per heavy atom. The lowest BCUT2D eigenvalue weighted by atomic mass is 10.00. The Labute approximate surface area is 184 Å². The molecule has 0 N–H and O–H groups in total. The van der Waals surface area contributed by atoms with Gasteiger partial charge in [0.25, 0.3) is 5.91 Å². The van der Waals surface area contributed by atoms with Crippen molar-refractivity contribution in [2.45, 2.75) is 19.4 Å². The van der Waals surface area contributed by atoms with Gasteiger partial charge in [-0.2, -0.15) is 5.10 Å². The van der Waals surface area contributed by atoms with Crippen molar-refractivity contribution in [3.63, 3.8) is 0 Å². The first-order valence-electron chi connectivity index (χ1n) is 9.61. The van der Waals surface area contributed by atoms with Crippen LogP contribution in [0.3, 0.4) is 0 Å². The molecular formula is C21H23N3O2S3. The summed E-state index contributed by atoms with van der Waals surface area (Å²) in [6.45, 7) is 5.01. The van der Waals surface area contributed by atoms with Crippen molar-refractivity contribution in [1.29, 1.82) is 0 Å². The van der Waals surface area contributed by atoms with E-state index in [4.69, 9.17) is 22.1 Å². The van der Waals surface area contributed by atoms with Gasteiger partial charge in [0.05, 0.1) is 35.6 Å². The summed E-state index contributed by atoms with van der Waals surface area (Å²) < 4.78 is 6.13. The Kier molecular flexibility index (Phi) is 6.64. The number of hydrogen-bond acceptors (Lipinski definition) is 6. The lowest BCUT2D eigenvalue weighted by Gasteiger charge is -2.29. The van der Waals surface area contributed by atoms with E-state index in [1.54, 1.807) is 16.3 Å². The van der Waals surface area contributed by atoms with Crippen molar-refractivity contribution in [2.75, 3.05) is 32.1 Å². The van der Waals surface area contributed by atoms with Crippen molar-refractivity contribution in [3.8, 4) is 0 Å². The molecule has 5 nitrogen and oxygen atoms in total. The van der Waals surface area contributed by atoms with Crippen LogP contribution in [0.1, 0.15) is 28.5 Å². The molecule has 0 saturated carbocycles. The van der Waals surface area contributed by atoms with Gasteiger partial charge in [-0.3, -0.25) is 4.79 Å². The van der Waals surface area contributed by atoms with Crippen LogP contribution in [0.5, 0.6) is 0 Å². The molecule has 1 aromatic carbocycles. The quantitative estimate of drug-likeness (QED) is 0.664. The minimum Gasteiger partial charge on any atom is -0.378 e. The van der Waals surface area contributed by atoms with E-state index in [0.29, 0.717) is 19.0 Å².